The first-order valence-corrected chi connectivity index (χ1v) is 7.04. The molecule has 0 bridgehead atoms. The Bertz CT molecular complexity index is 494. The maximum Gasteiger partial charge on any atom is 0.0582 e. The molecule has 2 aromatic rings. The van der Waals surface area contributed by atoms with E-state index >= 15 is 0 Å². The predicted octanol–water partition coefficient (Wildman–Crippen LogP) is 4.93. The zero-order valence-corrected chi connectivity index (χ0v) is 12.1. The van der Waals surface area contributed by atoms with Crippen LogP contribution in [0.5, 0.6) is 0 Å². The first-order chi connectivity index (χ1) is 8.78. The summed E-state index contributed by atoms with van der Waals surface area (Å²) >= 11 is 3.41. The molecule has 1 aromatic carbocycles. The minimum atomic E-state index is 0.979. The van der Waals surface area contributed by atoms with Gasteiger partial charge in [-0.25, -0.2) is 0 Å². The minimum Gasteiger partial charge on any atom is -0.354 e. The molecule has 2 rings (SSSR count). The zero-order valence-electron chi connectivity index (χ0n) is 10.5. The first-order valence-electron chi connectivity index (χ1n) is 6.24. The van der Waals surface area contributed by atoms with Crippen molar-refractivity contribution in [3.8, 4) is 0 Å². The monoisotopic (exact) mass is 304 g/mol. The molecular formula is C15H17BrN2. The Balaban J connectivity index is 2.02. The van der Waals surface area contributed by atoms with Crippen LogP contribution in [0.1, 0.15) is 25.3 Å². The molecule has 3 heteroatoms. The fraction of sp³-hybridized carbons (Fsp3) is 0.267. The number of aryl methyl sites for hydroxylation is 1. The summed E-state index contributed by atoms with van der Waals surface area (Å²) in [4.78, 5) is 4.13. The Kier molecular flexibility index (Phi) is 4.76. The van der Waals surface area contributed by atoms with Crippen LogP contribution in [-0.2, 0) is 6.42 Å². The second kappa shape index (κ2) is 6.55. The zero-order chi connectivity index (χ0) is 12.8. The van der Waals surface area contributed by atoms with Crippen molar-refractivity contribution in [3.63, 3.8) is 0 Å². The molecule has 1 N–H and O–H groups in total. The highest BCUT2D eigenvalue weighted by Gasteiger charge is 1.97. The van der Waals surface area contributed by atoms with E-state index in [0.717, 1.165) is 22.3 Å². The Labute approximate surface area is 117 Å². The summed E-state index contributed by atoms with van der Waals surface area (Å²) in [6.45, 7) is 2.22. The number of hydrogen-bond donors (Lipinski definition) is 1. The van der Waals surface area contributed by atoms with Crippen LogP contribution in [-0.4, -0.2) is 4.98 Å². The van der Waals surface area contributed by atoms with Crippen molar-refractivity contribution in [3.05, 3.63) is 52.8 Å². The third-order valence-corrected chi connectivity index (χ3v) is 3.20. The van der Waals surface area contributed by atoms with E-state index in [1.165, 1.54) is 18.4 Å². The quantitative estimate of drug-likeness (QED) is 0.847. The molecule has 0 spiro atoms. The number of pyridine rings is 1. The highest BCUT2D eigenvalue weighted by molar-refractivity contribution is 9.10. The lowest BCUT2D eigenvalue weighted by molar-refractivity contribution is 0.795. The summed E-state index contributed by atoms with van der Waals surface area (Å²) in [5.41, 5.74) is 3.48. The molecule has 1 heterocycles. The van der Waals surface area contributed by atoms with Crippen LogP contribution in [0.4, 0.5) is 11.4 Å². The Hall–Kier alpha value is -1.35. The van der Waals surface area contributed by atoms with Crippen molar-refractivity contribution in [2.75, 3.05) is 5.32 Å². The molecule has 0 atom stereocenters. The molecule has 0 saturated heterocycles. The third kappa shape index (κ3) is 3.84. The van der Waals surface area contributed by atoms with Gasteiger partial charge in [0, 0.05) is 16.4 Å². The highest BCUT2D eigenvalue weighted by atomic mass is 79.9. The Morgan fingerprint density at radius 3 is 2.56 bits per heavy atom. The lowest BCUT2D eigenvalue weighted by atomic mass is 10.1. The van der Waals surface area contributed by atoms with Crippen molar-refractivity contribution in [2.24, 2.45) is 0 Å². The van der Waals surface area contributed by atoms with E-state index in [0.29, 0.717) is 0 Å². The van der Waals surface area contributed by atoms with Crippen molar-refractivity contribution in [2.45, 2.75) is 26.2 Å². The second-order valence-electron chi connectivity index (χ2n) is 4.32. The van der Waals surface area contributed by atoms with Crippen molar-refractivity contribution < 1.29 is 0 Å². The second-order valence-corrected chi connectivity index (χ2v) is 5.23. The van der Waals surface area contributed by atoms with E-state index in [2.05, 4.69) is 57.4 Å². The van der Waals surface area contributed by atoms with Crippen LogP contribution in [0.25, 0.3) is 0 Å². The highest BCUT2D eigenvalue weighted by Crippen LogP contribution is 2.19. The van der Waals surface area contributed by atoms with Crippen molar-refractivity contribution in [1.29, 1.82) is 0 Å². The predicted molar refractivity (Wildman–Crippen MR) is 80.3 cm³/mol. The summed E-state index contributed by atoms with van der Waals surface area (Å²) in [5, 5.41) is 3.34. The summed E-state index contributed by atoms with van der Waals surface area (Å²) in [7, 11) is 0. The molecule has 18 heavy (non-hydrogen) atoms. The minimum absolute atomic E-state index is 0.979. The molecule has 0 aliphatic heterocycles. The smallest absolute Gasteiger partial charge is 0.0582 e. The van der Waals surface area contributed by atoms with Crippen LogP contribution in [0.15, 0.2) is 47.2 Å². The van der Waals surface area contributed by atoms with Crippen LogP contribution < -0.4 is 5.32 Å². The first kappa shape index (κ1) is 13.1. The van der Waals surface area contributed by atoms with E-state index in [9.17, 15) is 0 Å². The van der Waals surface area contributed by atoms with Gasteiger partial charge >= 0.3 is 0 Å². The Morgan fingerprint density at radius 1 is 1.11 bits per heavy atom. The Morgan fingerprint density at radius 2 is 1.89 bits per heavy atom. The van der Waals surface area contributed by atoms with E-state index in [-0.39, 0.29) is 0 Å². The molecule has 0 unspecified atom stereocenters. The van der Waals surface area contributed by atoms with Crippen molar-refractivity contribution >= 4 is 27.3 Å². The topological polar surface area (TPSA) is 24.9 Å². The van der Waals surface area contributed by atoms with Gasteiger partial charge in [-0.15, -0.1) is 0 Å². The van der Waals surface area contributed by atoms with Gasteiger partial charge in [-0.2, -0.15) is 0 Å². The number of nitrogens with zero attached hydrogens (tertiary/aromatic N) is 1. The van der Waals surface area contributed by atoms with Gasteiger partial charge in [0.15, 0.2) is 0 Å². The van der Waals surface area contributed by atoms with E-state index in [1.807, 2.05) is 12.3 Å². The number of hydrogen-bond acceptors (Lipinski definition) is 2. The molecule has 0 amide bonds. The van der Waals surface area contributed by atoms with Crippen molar-refractivity contribution in [1.82, 2.24) is 4.98 Å². The number of benzene rings is 1. The summed E-state index contributed by atoms with van der Waals surface area (Å²) < 4.78 is 0.979. The third-order valence-electron chi connectivity index (χ3n) is 2.77. The summed E-state index contributed by atoms with van der Waals surface area (Å²) in [6.07, 6.45) is 7.25. The lowest BCUT2D eigenvalue weighted by Crippen LogP contribution is -1.92. The van der Waals surface area contributed by atoms with Gasteiger partial charge in [-0.1, -0.05) is 25.5 Å². The normalized spacial score (nSPS) is 10.3. The molecule has 0 aliphatic carbocycles. The fourth-order valence-electron chi connectivity index (χ4n) is 1.78. The molecule has 0 saturated carbocycles. The lowest BCUT2D eigenvalue weighted by Gasteiger charge is -2.07. The van der Waals surface area contributed by atoms with Crippen LogP contribution in [0.3, 0.4) is 0 Å². The summed E-state index contributed by atoms with van der Waals surface area (Å²) in [5.74, 6) is 0. The molecule has 0 radical (unpaired) electrons. The van der Waals surface area contributed by atoms with Gasteiger partial charge < -0.3 is 5.32 Å². The van der Waals surface area contributed by atoms with Gasteiger partial charge in [0.1, 0.15) is 0 Å². The molecule has 0 fully saturated rings. The van der Waals surface area contributed by atoms with Gasteiger partial charge in [0.25, 0.3) is 0 Å². The number of aromatic nitrogens is 1. The van der Waals surface area contributed by atoms with E-state index < -0.39 is 0 Å². The number of anilines is 2. The average Bonchev–Trinajstić information content (AvgIpc) is 2.38. The SMILES string of the molecule is CCCCc1ccc(Nc2cncc(Br)c2)cc1. The van der Waals surface area contributed by atoms with Gasteiger partial charge in [0.2, 0.25) is 0 Å². The molecule has 0 aliphatic rings. The standard InChI is InChI=1S/C15H17BrN2/c1-2-3-4-12-5-7-14(8-6-12)18-15-9-13(16)10-17-11-15/h5-11,18H,2-4H2,1H3. The number of halogens is 1. The number of rotatable bonds is 5. The fourth-order valence-corrected chi connectivity index (χ4v) is 2.15. The van der Waals surface area contributed by atoms with E-state index in [1.54, 1.807) is 6.20 Å². The van der Waals surface area contributed by atoms with Crippen LogP contribution >= 0.6 is 15.9 Å². The van der Waals surface area contributed by atoms with Crippen LogP contribution in [0, 0.1) is 0 Å². The van der Waals surface area contributed by atoms with Crippen LogP contribution in [0.2, 0.25) is 0 Å². The molecule has 2 nitrogen and oxygen atoms in total. The van der Waals surface area contributed by atoms with Gasteiger partial charge in [-0.05, 0) is 52.5 Å². The molecular weight excluding hydrogens is 288 g/mol. The van der Waals surface area contributed by atoms with Gasteiger partial charge in [0.05, 0.1) is 11.9 Å². The maximum absolute atomic E-state index is 4.13. The number of nitrogens with one attached hydrogen (secondary N) is 1. The molecule has 1 aromatic heterocycles. The van der Waals surface area contributed by atoms with E-state index in [4.69, 9.17) is 0 Å². The average molecular weight is 305 g/mol. The summed E-state index contributed by atoms with van der Waals surface area (Å²) in [6, 6.07) is 10.6. The largest absolute Gasteiger partial charge is 0.354 e. The molecule has 94 valence electrons. The van der Waals surface area contributed by atoms with Gasteiger partial charge in [-0.3, -0.25) is 4.98 Å². The maximum atomic E-state index is 4.13. The number of unbranched alkanes of at least 4 members (excludes halogenated alkanes) is 1.